The molecule has 0 aliphatic heterocycles. The molecule has 7 nitrogen and oxygen atoms in total. The second-order valence-corrected chi connectivity index (χ2v) is 7.61. The minimum atomic E-state index is -0.511. The number of ether oxygens (including phenoxy) is 1. The highest BCUT2D eigenvalue weighted by molar-refractivity contribution is 7.17. The van der Waals surface area contributed by atoms with Gasteiger partial charge in [0, 0.05) is 30.2 Å². The van der Waals surface area contributed by atoms with Gasteiger partial charge >= 0.3 is 5.97 Å². The predicted molar refractivity (Wildman–Crippen MR) is 111 cm³/mol. The van der Waals surface area contributed by atoms with Gasteiger partial charge in [-0.25, -0.2) is 4.98 Å². The van der Waals surface area contributed by atoms with Crippen LogP contribution < -0.4 is 5.56 Å². The van der Waals surface area contributed by atoms with Gasteiger partial charge in [-0.1, -0.05) is 37.3 Å². The highest BCUT2D eigenvalue weighted by atomic mass is 32.1. The second-order valence-electron chi connectivity index (χ2n) is 6.52. The summed E-state index contributed by atoms with van der Waals surface area (Å²) in [6.07, 6.45) is 4.37. The van der Waals surface area contributed by atoms with Gasteiger partial charge in [-0.2, -0.15) is 0 Å². The van der Waals surface area contributed by atoms with Crippen molar-refractivity contribution >= 4 is 28.2 Å². The summed E-state index contributed by atoms with van der Waals surface area (Å²) < 4.78 is 6.34. The van der Waals surface area contributed by atoms with Crippen LogP contribution in [-0.2, 0) is 16.0 Å². The Morgan fingerprint density at radius 2 is 1.97 bits per heavy atom. The zero-order chi connectivity index (χ0) is 20.8. The molecule has 0 N–H and O–H groups in total. The van der Waals surface area contributed by atoms with Gasteiger partial charge in [-0.3, -0.25) is 18.8 Å². The number of carbonyl (C=O) groups excluding carboxylic acids is 2. The van der Waals surface area contributed by atoms with Gasteiger partial charge in [0.05, 0.1) is 6.61 Å². The maximum Gasteiger partial charge on any atom is 0.325 e. The van der Waals surface area contributed by atoms with Crippen molar-refractivity contribution in [2.24, 2.45) is 0 Å². The first-order valence-corrected chi connectivity index (χ1v) is 10.3. The largest absolute Gasteiger partial charge is 0.465 e. The van der Waals surface area contributed by atoms with E-state index in [9.17, 15) is 14.4 Å². The van der Waals surface area contributed by atoms with Gasteiger partial charge in [0.2, 0.25) is 0 Å². The van der Waals surface area contributed by atoms with Crippen molar-refractivity contribution in [1.29, 1.82) is 0 Å². The minimum Gasteiger partial charge on any atom is -0.465 e. The quantitative estimate of drug-likeness (QED) is 0.531. The molecule has 0 fully saturated rings. The van der Waals surface area contributed by atoms with E-state index in [4.69, 9.17) is 4.74 Å². The van der Waals surface area contributed by atoms with Gasteiger partial charge in [-0.05, 0) is 18.9 Å². The van der Waals surface area contributed by atoms with Gasteiger partial charge in [0.15, 0.2) is 4.96 Å². The van der Waals surface area contributed by atoms with Crippen molar-refractivity contribution in [2.75, 3.05) is 19.7 Å². The summed E-state index contributed by atoms with van der Waals surface area (Å²) in [6.45, 7) is 4.00. The Hall–Kier alpha value is -3.00. The first-order valence-electron chi connectivity index (χ1n) is 9.52. The first kappa shape index (κ1) is 20.7. The van der Waals surface area contributed by atoms with E-state index in [1.54, 1.807) is 13.1 Å². The summed E-state index contributed by atoms with van der Waals surface area (Å²) in [7, 11) is 0. The van der Waals surface area contributed by atoms with E-state index in [0.717, 1.165) is 10.4 Å². The lowest BCUT2D eigenvalue weighted by molar-refractivity contribution is -0.143. The molecular formula is C21H23N3O4S. The molecule has 0 aliphatic rings. The van der Waals surface area contributed by atoms with E-state index >= 15 is 0 Å². The first-order chi connectivity index (χ1) is 14.0. The molecule has 0 aliphatic carbocycles. The number of esters is 1. The Kier molecular flexibility index (Phi) is 6.77. The van der Waals surface area contributed by atoms with Crippen LogP contribution in [0.25, 0.3) is 4.96 Å². The Bertz CT molecular complexity index is 1060. The molecule has 0 saturated heterocycles. The van der Waals surface area contributed by atoms with Crippen molar-refractivity contribution in [2.45, 2.75) is 26.7 Å². The number of benzene rings is 1. The van der Waals surface area contributed by atoms with Crippen LogP contribution >= 0.6 is 11.3 Å². The zero-order valence-electron chi connectivity index (χ0n) is 16.5. The molecule has 0 unspecified atom stereocenters. The molecule has 3 rings (SSSR count). The number of thiazole rings is 1. The molecule has 2 heterocycles. The lowest BCUT2D eigenvalue weighted by atomic mass is 10.1. The third kappa shape index (κ3) is 4.89. The van der Waals surface area contributed by atoms with Crippen LogP contribution in [0.3, 0.4) is 0 Å². The van der Waals surface area contributed by atoms with E-state index in [1.807, 2.05) is 37.3 Å². The lowest BCUT2D eigenvalue weighted by Crippen LogP contribution is -2.40. The Morgan fingerprint density at radius 3 is 2.66 bits per heavy atom. The van der Waals surface area contributed by atoms with Crippen LogP contribution in [0.2, 0.25) is 0 Å². The van der Waals surface area contributed by atoms with Crippen LogP contribution in [0.15, 0.2) is 47.5 Å². The number of rotatable bonds is 8. The van der Waals surface area contributed by atoms with Crippen LogP contribution in [0.4, 0.5) is 0 Å². The van der Waals surface area contributed by atoms with E-state index in [1.165, 1.54) is 26.8 Å². The Labute approximate surface area is 172 Å². The summed E-state index contributed by atoms with van der Waals surface area (Å²) in [5.41, 5.74) is 0.650. The zero-order valence-corrected chi connectivity index (χ0v) is 17.3. The Morgan fingerprint density at radius 1 is 1.21 bits per heavy atom. The second kappa shape index (κ2) is 9.47. The number of hydrogen-bond donors (Lipinski definition) is 0. The van der Waals surface area contributed by atoms with Crippen molar-refractivity contribution < 1.29 is 14.3 Å². The van der Waals surface area contributed by atoms with Crippen molar-refractivity contribution in [1.82, 2.24) is 14.3 Å². The minimum absolute atomic E-state index is 0.0516. The number of nitrogens with zero attached hydrogens (tertiary/aromatic N) is 3. The van der Waals surface area contributed by atoms with E-state index < -0.39 is 17.4 Å². The number of aromatic nitrogens is 2. The molecule has 0 bridgehead atoms. The topological polar surface area (TPSA) is 81.0 Å². The third-order valence-electron chi connectivity index (χ3n) is 4.31. The van der Waals surface area contributed by atoms with Gasteiger partial charge in [0.25, 0.3) is 11.5 Å². The summed E-state index contributed by atoms with van der Waals surface area (Å²) >= 11 is 1.42. The normalized spacial score (nSPS) is 10.8. The number of carbonyl (C=O) groups is 2. The average molecular weight is 413 g/mol. The average Bonchev–Trinajstić information content (AvgIpc) is 3.12. The van der Waals surface area contributed by atoms with E-state index in [-0.39, 0.29) is 18.7 Å². The highest BCUT2D eigenvalue weighted by Gasteiger charge is 2.23. The SMILES string of the molecule is CCCN(CC(=O)OCC)C(=O)c1cnc2sc(Cc3ccccc3)cn2c1=O. The molecule has 0 atom stereocenters. The van der Waals surface area contributed by atoms with E-state index in [0.29, 0.717) is 24.3 Å². The third-order valence-corrected chi connectivity index (χ3v) is 5.31. The highest BCUT2D eigenvalue weighted by Crippen LogP contribution is 2.18. The van der Waals surface area contributed by atoms with Crippen LogP contribution in [0.1, 0.15) is 41.1 Å². The van der Waals surface area contributed by atoms with Crippen LogP contribution in [-0.4, -0.2) is 45.9 Å². The summed E-state index contributed by atoms with van der Waals surface area (Å²) in [6, 6.07) is 9.93. The summed E-state index contributed by atoms with van der Waals surface area (Å²) in [4.78, 5) is 44.8. The maximum atomic E-state index is 12.9. The monoisotopic (exact) mass is 413 g/mol. The van der Waals surface area contributed by atoms with E-state index in [2.05, 4.69) is 4.98 Å². The molecule has 1 aromatic carbocycles. The number of fused-ring (bicyclic) bond motifs is 1. The van der Waals surface area contributed by atoms with Gasteiger partial charge in [0.1, 0.15) is 12.1 Å². The number of amides is 1. The van der Waals surface area contributed by atoms with Crippen molar-refractivity contribution in [3.8, 4) is 0 Å². The standard InChI is InChI=1S/C21H23N3O4S/c1-3-10-23(14-18(25)28-4-2)19(26)17-12-22-21-24(20(17)27)13-16(29-21)11-15-8-6-5-7-9-15/h5-9,12-13H,3-4,10-11,14H2,1-2H3. The lowest BCUT2D eigenvalue weighted by Gasteiger charge is -2.20. The number of hydrogen-bond acceptors (Lipinski definition) is 6. The molecule has 0 radical (unpaired) electrons. The predicted octanol–water partition coefficient (Wildman–Crippen LogP) is 2.76. The molecule has 152 valence electrons. The van der Waals surface area contributed by atoms with Crippen molar-refractivity contribution in [3.63, 3.8) is 0 Å². The molecule has 0 spiro atoms. The molecule has 1 amide bonds. The molecule has 29 heavy (non-hydrogen) atoms. The van der Waals surface area contributed by atoms with Crippen LogP contribution in [0.5, 0.6) is 0 Å². The molecule has 3 aromatic rings. The fourth-order valence-corrected chi connectivity index (χ4v) is 3.98. The smallest absolute Gasteiger partial charge is 0.325 e. The summed E-state index contributed by atoms with van der Waals surface area (Å²) in [5, 5.41) is 0. The van der Waals surface area contributed by atoms with Gasteiger partial charge in [-0.15, -0.1) is 11.3 Å². The van der Waals surface area contributed by atoms with Crippen molar-refractivity contribution in [3.05, 3.63) is 69.1 Å². The fourth-order valence-electron chi connectivity index (χ4n) is 3.01. The Balaban J connectivity index is 1.88. The molecular weight excluding hydrogens is 390 g/mol. The summed E-state index contributed by atoms with van der Waals surface area (Å²) in [5.74, 6) is -1.01. The maximum absolute atomic E-state index is 12.9. The molecule has 8 heteroatoms. The molecule has 2 aromatic heterocycles. The fraction of sp³-hybridized carbons (Fsp3) is 0.333. The van der Waals surface area contributed by atoms with Gasteiger partial charge < -0.3 is 9.64 Å². The van der Waals surface area contributed by atoms with Crippen LogP contribution in [0, 0.1) is 0 Å². The molecule has 0 saturated carbocycles.